The zero-order valence-corrected chi connectivity index (χ0v) is 20.9. The van der Waals surface area contributed by atoms with Crippen molar-refractivity contribution < 1.29 is 19.1 Å². The van der Waals surface area contributed by atoms with Gasteiger partial charge in [0.1, 0.15) is 5.54 Å². The van der Waals surface area contributed by atoms with Crippen LogP contribution in [0.15, 0.2) is 48.5 Å². The first-order valence-corrected chi connectivity index (χ1v) is 12.2. The smallest absolute Gasteiger partial charge is 0.322 e. The number of benzene rings is 2. The second-order valence-corrected chi connectivity index (χ2v) is 9.95. The number of halogens is 2. The first-order chi connectivity index (χ1) is 16.7. The highest BCUT2D eigenvalue weighted by Crippen LogP contribution is 2.28. The summed E-state index contributed by atoms with van der Waals surface area (Å²) >= 11 is 12.3. The summed E-state index contributed by atoms with van der Waals surface area (Å²) in [6.45, 7) is 4.37. The van der Waals surface area contributed by atoms with Crippen molar-refractivity contribution in [1.29, 1.82) is 0 Å². The minimum atomic E-state index is -1.17. The summed E-state index contributed by atoms with van der Waals surface area (Å²) in [5.74, 6) is -1.14. The van der Waals surface area contributed by atoms with Crippen molar-refractivity contribution in [2.24, 2.45) is 5.92 Å². The Bertz CT molecular complexity index is 1070. The molecule has 4 amide bonds. The fourth-order valence-corrected chi connectivity index (χ4v) is 5.01. The summed E-state index contributed by atoms with van der Waals surface area (Å²) in [4.78, 5) is 41.6. The Balaban J connectivity index is 1.42. The molecule has 4 rings (SSSR count). The molecule has 0 aliphatic carbocycles. The van der Waals surface area contributed by atoms with E-state index in [1.165, 1.54) is 0 Å². The molecular formula is C25H28Cl2N4O4. The van der Waals surface area contributed by atoms with Crippen LogP contribution in [-0.4, -0.2) is 61.1 Å². The number of rotatable bonds is 8. The van der Waals surface area contributed by atoms with Crippen molar-refractivity contribution in [3.8, 4) is 0 Å². The maximum absolute atomic E-state index is 13.6. The molecule has 2 aliphatic heterocycles. The van der Waals surface area contributed by atoms with Gasteiger partial charge in [0.05, 0.1) is 19.1 Å². The topological polar surface area (TPSA) is 91.0 Å². The fourth-order valence-electron chi connectivity index (χ4n) is 4.49. The van der Waals surface area contributed by atoms with Crippen molar-refractivity contribution in [3.05, 3.63) is 64.1 Å². The van der Waals surface area contributed by atoms with Gasteiger partial charge in [-0.05, 0) is 37.1 Å². The third-order valence-electron chi connectivity index (χ3n) is 6.36. The summed E-state index contributed by atoms with van der Waals surface area (Å²) < 4.78 is 5.90. The molecule has 0 radical (unpaired) electrons. The molecular weight excluding hydrogens is 491 g/mol. The number of ether oxygens (including phenoxy) is 1. The number of nitrogens with zero attached hydrogens (tertiary/aromatic N) is 2. The molecule has 35 heavy (non-hydrogen) atoms. The van der Waals surface area contributed by atoms with Crippen LogP contribution in [0.1, 0.15) is 18.9 Å². The van der Waals surface area contributed by atoms with E-state index in [1.807, 2.05) is 42.5 Å². The van der Waals surface area contributed by atoms with E-state index in [4.69, 9.17) is 27.9 Å². The molecule has 2 unspecified atom stereocenters. The minimum absolute atomic E-state index is 0.1000. The summed E-state index contributed by atoms with van der Waals surface area (Å²) in [5.41, 5.74) is 0.730. The third-order valence-corrected chi connectivity index (χ3v) is 6.79. The highest BCUT2D eigenvalue weighted by Gasteiger charge is 2.45. The van der Waals surface area contributed by atoms with E-state index >= 15 is 0 Å². The van der Waals surface area contributed by atoms with E-state index < -0.39 is 23.4 Å². The molecule has 0 bridgehead atoms. The van der Waals surface area contributed by atoms with Crippen LogP contribution in [-0.2, 0) is 20.9 Å². The normalized spacial score (nSPS) is 21.0. The maximum atomic E-state index is 13.6. The average molecular weight is 519 g/mol. The molecule has 2 aromatic carbocycles. The molecule has 2 atom stereocenters. The number of hydrogen-bond donors (Lipinski definition) is 2. The zero-order chi connectivity index (χ0) is 25.0. The van der Waals surface area contributed by atoms with Crippen molar-refractivity contribution in [1.82, 2.24) is 15.5 Å². The van der Waals surface area contributed by atoms with Crippen LogP contribution in [0.25, 0.3) is 0 Å². The van der Waals surface area contributed by atoms with Crippen LogP contribution in [0.2, 0.25) is 10.0 Å². The number of nitrogens with one attached hydrogen (secondary N) is 2. The van der Waals surface area contributed by atoms with Gasteiger partial charge in [0.2, 0.25) is 5.91 Å². The first kappa shape index (κ1) is 25.3. The van der Waals surface area contributed by atoms with Crippen molar-refractivity contribution in [3.63, 3.8) is 0 Å². The van der Waals surface area contributed by atoms with Crippen molar-refractivity contribution in [2.75, 3.05) is 37.7 Å². The van der Waals surface area contributed by atoms with Crippen LogP contribution in [0.3, 0.4) is 0 Å². The van der Waals surface area contributed by atoms with Gasteiger partial charge in [-0.15, -0.1) is 0 Å². The summed E-state index contributed by atoms with van der Waals surface area (Å²) in [6, 6.07) is 14.5. The highest BCUT2D eigenvalue weighted by atomic mass is 35.5. The number of hydrogen-bond acceptors (Lipinski definition) is 5. The number of amides is 4. The summed E-state index contributed by atoms with van der Waals surface area (Å²) in [5, 5.41) is 6.04. The Morgan fingerprint density at radius 3 is 2.31 bits per heavy atom. The average Bonchev–Trinajstić information content (AvgIpc) is 3.09. The Labute approximate surface area is 214 Å². The van der Waals surface area contributed by atoms with E-state index in [-0.39, 0.29) is 18.9 Å². The van der Waals surface area contributed by atoms with E-state index in [0.29, 0.717) is 42.8 Å². The van der Waals surface area contributed by atoms with E-state index in [9.17, 15) is 14.4 Å². The van der Waals surface area contributed by atoms with Crippen molar-refractivity contribution >= 4 is 46.7 Å². The van der Waals surface area contributed by atoms with Gasteiger partial charge >= 0.3 is 6.03 Å². The lowest BCUT2D eigenvalue weighted by Gasteiger charge is -2.38. The molecule has 0 spiro atoms. The van der Waals surface area contributed by atoms with Gasteiger partial charge < -0.3 is 19.9 Å². The third kappa shape index (κ3) is 6.25. The van der Waals surface area contributed by atoms with Crippen LogP contribution in [0.5, 0.6) is 0 Å². The van der Waals surface area contributed by atoms with E-state index in [0.717, 1.165) is 11.3 Å². The molecule has 2 saturated heterocycles. The molecule has 10 heteroatoms. The number of anilines is 1. The number of piperazine rings is 1. The minimum Gasteiger partial charge on any atom is -0.376 e. The van der Waals surface area contributed by atoms with Gasteiger partial charge in [-0.1, -0.05) is 53.5 Å². The lowest BCUT2D eigenvalue weighted by Crippen LogP contribution is -2.53. The Hall–Kier alpha value is -2.81. The monoisotopic (exact) mass is 518 g/mol. The number of carbonyl (C=O) groups is 3. The van der Waals surface area contributed by atoms with Crippen LogP contribution >= 0.6 is 23.2 Å². The SMILES string of the molecule is CC1(CC(COCc2ccccc2)C(=O)N2CCN(c3cc(Cl)cc(Cl)c3)CC2)NC(=O)NC1=O. The van der Waals surface area contributed by atoms with Gasteiger partial charge in [0.25, 0.3) is 5.91 Å². The van der Waals surface area contributed by atoms with Gasteiger partial charge in [-0.25, -0.2) is 4.79 Å². The van der Waals surface area contributed by atoms with Crippen LogP contribution in [0, 0.1) is 5.92 Å². The molecule has 186 valence electrons. The zero-order valence-electron chi connectivity index (χ0n) is 19.4. The molecule has 2 aromatic rings. The Morgan fingerprint density at radius 2 is 1.71 bits per heavy atom. The van der Waals surface area contributed by atoms with Gasteiger partial charge in [-0.2, -0.15) is 0 Å². The summed E-state index contributed by atoms with van der Waals surface area (Å²) in [7, 11) is 0. The first-order valence-electron chi connectivity index (χ1n) is 11.5. The van der Waals surface area contributed by atoms with Crippen LogP contribution < -0.4 is 15.5 Å². The molecule has 2 N–H and O–H groups in total. The molecule has 8 nitrogen and oxygen atoms in total. The lowest BCUT2D eigenvalue weighted by molar-refractivity contribution is -0.139. The van der Waals surface area contributed by atoms with Gasteiger partial charge in [0, 0.05) is 41.9 Å². The van der Waals surface area contributed by atoms with E-state index in [2.05, 4.69) is 15.5 Å². The molecule has 2 fully saturated rings. The van der Waals surface area contributed by atoms with Gasteiger partial charge in [-0.3, -0.25) is 14.9 Å². The largest absolute Gasteiger partial charge is 0.376 e. The van der Waals surface area contributed by atoms with Crippen molar-refractivity contribution in [2.45, 2.75) is 25.5 Å². The van der Waals surface area contributed by atoms with Gasteiger partial charge in [0.15, 0.2) is 0 Å². The standard InChI is InChI=1S/C25H28Cl2N4O4/c1-25(23(33)28-24(34)29-25)14-18(16-35-15-17-5-3-2-4-6-17)22(32)31-9-7-30(8-10-31)21-12-19(26)11-20(27)13-21/h2-6,11-13,18H,7-10,14-16H2,1H3,(H2,28,29,33,34). The second kappa shape index (κ2) is 10.8. The quantitative estimate of drug-likeness (QED) is 0.522. The highest BCUT2D eigenvalue weighted by molar-refractivity contribution is 6.35. The predicted octanol–water partition coefficient (Wildman–Crippen LogP) is 3.46. The lowest BCUT2D eigenvalue weighted by atomic mass is 9.88. The molecule has 0 aromatic heterocycles. The number of carbonyl (C=O) groups excluding carboxylic acids is 3. The maximum Gasteiger partial charge on any atom is 0.322 e. The van der Waals surface area contributed by atoms with E-state index in [1.54, 1.807) is 17.9 Å². The predicted molar refractivity (Wildman–Crippen MR) is 135 cm³/mol. The molecule has 2 aliphatic rings. The Kier molecular flexibility index (Phi) is 7.84. The Morgan fingerprint density at radius 1 is 1.06 bits per heavy atom. The number of imide groups is 1. The molecule has 0 saturated carbocycles. The second-order valence-electron chi connectivity index (χ2n) is 9.08. The fraction of sp³-hybridized carbons (Fsp3) is 0.400. The summed E-state index contributed by atoms with van der Waals surface area (Å²) in [6.07, 6.45) is 0.141. The molecule has 2 heterocycles. The van der Waals surface area contributed by atoms with Crippen LogP contribution in [0.4, 0.5) is 10.5 Å². The number of urea groups is 1.